The van der Waals surface area contributed by atoms with Crippen LogP contribution >= 0.6 is 11.3 Å². The van der Waals surface area contributed by atoms with E-state index in [0.717, 1.165) is 53.1 Å². The van der Waals surface area contributed by atoms with Gasteiger partial charge in [0, 0.05) is 24.0 Å². The largest absolute Gasteiger partial charge is 0.461 e. The minimum atomic E-state index is -0.534. The van der Waals surface area contributed by atoms with Crippen LogP contribution in [0.25, 0.3) is 21.8 Å². The number of carbonyl (C=O) groups is 2. The van der Waals surface area contributed by atoms with Gasteiger partial charge in [0.05, 0.1) is 28.2 Å². The maximum absolute atomic E-state index is 13.4. The molecule has 1 fully saturated rings. The Hall–Kier alpha value is -3.72. The zero-order chi connectivity index (χ0) is 23.1. The third-order valence-electron chi connectivity index (χ3n) is 5.89. The molecule has 3 aromatic heterocycles. The molecular weight excluding hydrogens is 438 g/mol. The quantitative estimate of drug-likeness (QED) is 0.452. The van der Waals surface area contributed by atoms with Gasteiger partial charge in [0.2, 0.25) is 5.91 Å². The van der Waals surface area contributed by atoms with Crippen molar-refractivity contribution in [1.29, 1.82) is 0 Å². The van der Waals surface area contributed by atoms with Crippen LogP contribution in [0.5, 0.6) is 0 Å². The predicted molar refractivity (Wildman–Crippen MR) is 129 cm³/mol. The number of primary amides is 1. The van der Waals surface area contributed by atoms with Crippen LogP contribution in [0.15, 0.2) is 41.0 Å². The van der Waals surface area contributed by atoms with Crippen molar-refractivity contribution < 1.29 is 14.0 Å². The summed E-state index contributed by atoms with van der Waals surface area (Å²) in [6.07, 6.45) is 3.77. The number of aromatic nitrogens is 2. The minimum Gasteiger partial charge on any atom is -0.461 e. The average molecular weight is 462 g/mol. The molecule has 8 nitrogen and oxygen atoms in total. The first-order chi connectivity index (χ1) is 15.9. The van der Waals surface area contributed by atoms with Crippen LogP contribution in [0, 0.1) is 13.8 Å². The Labute approximate surface area is 194 Å². The van der Waals surface area contributed by atoms with Crippen molar-refractivity contribution in [3.05, 3.63) is 58.3 Å². The Kier molecular flexibility index (Phi) is 5.33. The van der Waals surface area contributed by atoms with Gasteiger partial charge in [0.25, 0.3) is 5.91 Å². The van der Waals surface area contributed by atoms with Crippen LogP contribution < -0.4 is 16.0 Å². The molecule has 0 unspecified atom stereocenters. The highest BCUT2D eigenvalue weighted by molar-refractivity contribution is 7.20. The summed E-state index contributed by atoms with van der Waals surface area (Å²) in [7, 11) is 0. The van der Waals surface area contributed by atoms with Gasteiger partial charge >= 0.3 is 0 Å². The number of rotatable bonds is 5. The third kappa shape index (κ3) is 3.84. The summed E-state index contributed by atoms with van der Waals surface area (Å²) in [4.78, 5) is 37.8. The fraction of sp³-hybridized carbons (Fsp3) is 0.250. The normalized spacial score (nSPS) is 13.6. The molecule has 0 spiro atoms. The third-order valence-corrected chi connectivity index (χ3v) is 7.08. The fourth-order valence-electron chi connectivity index (χ4n) is 4.27. The van der Waals surface area contributed by atoms with Crippen molar-refractivity contribution >= 4 is 44.7 Å². The van der Waals surface area contributed by atoms with E-state index in [1.165, 1.54) is 11.3 Å². The van der Waals surface area contributed by atoms with E-state index in [1.807, 2.05) is 19.9 Å². The molecule has 2 amide bonds. The van der Waals surface area contributed by atoms with Gasteiger partial charge in [-0.2, -0.15) is 0 Å². The number of nitrogens with zero attached hydrogens (tertiary/aromatic N) is 3. The second kappa shape index (κ2) is 8.32. The number of thiophene rings is 1. The Morgan fingerprint density at radius 2 is 1.94 bits per heavy atom. The SMILES string of the molecule is Cc1nc(-c2ccco2)nc2sc(C(=O)Nc3cc(C(N)=O)ccc3N3CCCC3)c(C)c12. The summed E-state index contributed by atoms with van der Waals surface area (Å²) >= 11 is 1.32. The number of nitrogens with two attached hydrogens (primary N) is 1. The molecule has 9 heteroatoms. The molecule has 1 saturated heterocycles. The fourth-order valence-corrected chi connectivity index (χ4v) is 5.40. The summed E-state index contributed by atoms with van der Waals surface area (Å²) < 4.78 is 5.44. The zero-order valence-corrected chi connectivity index (χ0v) is 19.2. The van der Waals surface area contributed by atoms with Crippen LogP contribution in [0.2, 0.25) is 0 Å². The molecule has 3 N–H and O–H groups in total. The molecule has 4 aromatic rings. The highest BCUT2D eigenvalue weighted by Crippen LogP contribution is 2.35. The summed E-state index contributed by atoms with van der Waals surface area (Å²) in [6, 6.07) is 8.79. The van der Waals surface area contributed by atoms with E-state index in [2.05, 4.69) is 20.2 Å². The lowest BCUT2D eigenvalue weighted by atomic mass is 10.1. The summed E-state index contributed by atoms with van der Waals surface area (Å²) in [5.74, 6) is 0.281. The Morgan fingerprint density at radius 1 is 1.15 bits per heavy atom. The van der Waals surface area contributed by atoms with E-state index in [9.17, 15) is 9.59 Å². The first kappa shape index (κ1) is 21.1. The van der Waals surface area contributed by atoms with Gasteiger partial charge in [-0.1, -0.05) is 0 Å². The minimum absolute atomic E-state index is 0.253. The number of hydrogen-bond acceptors (Lipinski definition) is 7. The summed E-state index contributed by atoms with van der Waals surface area (Å²) in [5.41, 5.74) is 8.92. The van der Waals surface area contributed by atoms with Gasteiger partial charge in [-0.05, 0) is 62.6 Å². The van der Waals surface area contributed by atoms with Gasteiger partial charge in [-0.15, -0.1) is 11.3 Å². The molecule has 168 valence electrons. The number of nitrogens with one attached hydrogen (secondary N) is 1. The monoisotopic (exact) mass is 461 g/mol. The van der Waals surface area contributed by atoms with Crippen molar-refractivity contribution in [2.24, 2.45) is 5.73 Å². The Bertz CT molecular complexity index is 1370. The van der Waals surface area contributed by atoms with Crippen molar-refractivity contribution in [3.63, 3.8) is 0 Å². The van der Waals surface area contributed by atoms with Gasteiger partial charge in [-0.25, -0.2) is 9.97 Å². The van der Waals surface area contributed by atoms with Gasteiger partial charge in [0.15, 0.2) is 11.6 Å². The molecular formula is C24H23N5O3S. The average Bonchev–Trinajstić information content (AvgIpc) is 3.55. The van der Waals surface area contributed by atoms with Gasteiger partial charge in [0.1, 0.15) is 4.83 Å². The van der Waals surface area contributed by atoms with E-state index in [0.29, 0.717) is 27.7 Å². The topological polar surface area (TPSA) is 114 Å². The van der Waals surface area contributed by atoms with E-state index in [4.69, 9.17) is 10.2 Å². The molecule has 5 rings (SSSR count). The van der Waals surface area contributed by atoms with Crippen LogP contribution in [0.4, 0.5) is 11.4 Å². The Balaban J connectivity index is 1.53. The molecule has 4 heterocycles. The number of anilines is 2. The van der Waals surface area contributed by atoms with Crippen LogP contribution in [-0.2, 0) is 0 Å². The number of hydrogen-bond donors (Lipinski definition) is 2. The first-order valence-electron chi connectivity index (χ1n) is 10.7. The van der Waals surface area contributed by atoms with Crippen molar-refractivity contribution in [3.8, 4) is 11.6 Å². The first-order valence-corrected chi connectivity index (χ1v) is 11.6. The smallest absolute Gasteiger partial charge is 0.266 e. The van der Waals surface area contributed by atoms with E-state index >= 15 is 0 Å². The van der Waals surface area contributed by atoms with Crippen LogP contribution in [0.3, 0.4) is 0 Å². The molecule has 0 aliphatic carbocycles. The van der Waals surface area contributed by atoms with Gasteiger partial charge in [-0.3, -0.25) is 9.59 Å². The maximum Gasteiger partial charge on any atom is 0.266 e. The molecule has 1 aliphatic heterocycles. The van der Waals surface area contributed by atoms with Gasteiger partial charge < -0.3 is 20.4 Å². The molecule has 0 bridgehead atoms. The number of aryl methyl sites for hydroxylation is 2. The van der Waals surface area contributed by atoms with E-state index < -0.39 is 5.91 Å². The molecule has 33 heavy (non-hydrogen) atoms. The number of carbonyl (C=O) groups excluding carboxylic acids is 2. The maximum atomic E-state index is 13.4. The lowest BCUT2D eigenvalue weighted by molar-refractivity contribution is 0.0996. The second-order valence-corrected chi connectivity index (χ2v) is 9.09. The Morgan fingerprint density at radius 3 is 2.64 bits per heavy atom. The molecule has 1 aliphatic rings. The van der Waals surface area contributed by atoms with E-state index in [-0.39, 0.29) is 5.91 Å². The zero-order valence-electron chi connectivity index (χ0n) is 18.3. The second-order valence-electron chi connectivity index (χ2n) is 8.09. The highest BCUT2D eigenvalue weighted by Gasteiger charge is 2.23. The van der Waals surface area contributed by atoms with E-state index in [1.54, 1.807) is 30.5 Å². The van der Waals surface area contributed by atoms with Crippen LogP contribution in [-0.4, -0.2) is 34.9 Å². The van der Waals surface area contributed by atoms with Crippen molar-refractivity contribution in [1.82, 2.24) is 9.97 Å². The molecule has 0 atom stereocenters. The predicted octanol–water partition coefficient (Wildman–Crippen LogP) is 4.52. The molecule has 1 aromatic carbocycles. The summed E-state index contributed by atoms with van der Waals surface area (Å²) in [6.45, 7) is 5.62. The number of amides is 2. The van der Waals surface area contributed by atoms with Crippen LogP contribution in [0.1, 0.15) is 44.1 Å². The summed E-state index contributed by atoms with van der Waals surface area (Å²) in [5, 5.41) is 3.88. The molecule has 0 radical (unpaired) electrons. The lowest BCUT2D eigenvalue weighted by Gasteiger charge is -2.22. The highest BCUT2D eigenvalue weighted by atomic mass is 32.1. The number of benzene rings is 1. The number of furan rings is 1. The van der Waals surface area contributed by atoms with Crippen molar-refractivity contribution in [2.75, 3.05) is 23.3 Å². The molecule has 0 saturated carbocycles. The standard InChI is InChI=1S/C24H23N5O3S/c1-13-19-14(2)26-22(18-6-5-11-32-18)28-24(19)33-20(13)23(31)27-16-12-15(21(25)30)7-8-17(16)29-9-3-4-10-29/h5-8,11-12H,3-4,9-10H2,1-2H3,(H2,25,30)(H,27,31). The van der Waals surface area contributed by atoms with Crippen molar-refractivity contribution in [2.45, 2.75) is 26.7 Å². The number of fused-ring (bicyclic) bond motifs is 1. The lowest BCUT2D eigenvalue weighted by Crippen LogP contribution is -2.22.